The third-order valence-corrected chi connectivity index (χ3v) is 4.95. The van der Waals surface area contributed by atoms with Crippen molar-refractivity contribution in [3.05, 3.63) is 41.2 Å². The molecule has 2 N–H and O–H groups in total. The fourth-order valence-corrected chi connectivity index (χ4v) is 3.50. The van der Waals surface area contributed by atoms with E-state index in [9.17, 15) is 4.39 Å². The lowest BCUT2D eigenvalue weighted by molar-refractivity contribution is 0.392. The van der Waals surface area contributed by atoms with E-state index in [1.54, 1.807) is 12.3 Å². The Hall–Kier alpha value is -2.64. The van der Waals surface area contributed by atoms with Gasteiger partial charge < -0.3 is 20.1 Å². The number of nitrogens with one attached hydrogen (secondary N) is 2. The van der Waals surface area contributed by atoms with E-state index in [0.717, 1.165) is 49.8 Å². The molecule has 1 saturated heterocycles. The van der Waals surface area contributed by atoms with Crippen LogP contribution >= 0.6 is 0 Å². The Morgan fingerprint density at radius 3 is 3.00 bits per heavy atom. The van der Waals surface area contributed by atoms with Gasteiger partial charge in [-0.05, 0) is 52.2 Å². The molecule has 0 spiro atoms. The Morgan fingerprint density at radius 2 is 2.29 bits per heavy atom. The molecule has 3 rings (SSSR count). The van der Waals surface area contributed by atoms with Crippen molar-refractivity contribution in [3.8, 4) is 0 Å². The Morgan fingerprint density at radius 1 is 1.43 bits per heavy atom. The van der Waals surface area contributed by atoms with Crippen LogP contribution < -0.4 is 15.5 Å². The van der Waals surface area contributed by atoms with Crippen molar-refractivity contribution in [1.29, 1.82) is 0 Å². The van der Waals surface area contributed by atoms with Crippen molar-refractivity contribution < 1.29 is 8.91 Å². The highest BCUT2D eigenvalue weighted by Gasteiger charge is 2.25. The summed E-state index contributed by atoms with van der Waals surface area (Å²) in [6.07, 6.45) is 4.37. The van der Waals surface area contributed by atoms with Crippen LogP contribution in [-0.2, 0) is 6.42 Å². The first-order valence-electron chi connectivity index (χ1n) is 9.90. The molecule has 8 heteroatoms. The Kier molecular flexibility index (Phi) is 6.84. The number of rotatable bonds is 7. The standard InChI is InChI=1S/C20H29FN6O/c1-4-22-20(24-11-5-7-17-14(2)26-28-15(17)3)25-16-9-12-27(13-16)19-18(21)8-6-10-23-19/h6,8,10,16H,4-5,7,9,11-13H2,1-3H3,(H2,22,24,25). The van der Waals surface area contributed by atoms with Gasteiger partial charge in [-0.2, -0.15) is 0 Å². The molecule has 0 aliphatic carbocycles. The molecule has 1 fully saturated rings. The van der Waals surface area contributed by atoms with Gasteiger partial charge in [0.1, 0.15) is 5.76 Å². The minimum atomic E-state index is -0.275. The zero-order chi connectivity index (χ0) is 19.9. The van der Waals surface area contributed by atoms with Crippen LogP contribution in [0.2, 0.25) is 0 Å². The monoisotopic (exact) mass is 388 g/mol. The fourth-order valence-electron chi connectivity index (χ4n) is 3.50. The maximum atomic E-state index is 14.0. The van der Waals surface area contributed by atoms with E-state index in [2.05, 4.69) is 25.8 Å². The molecule has 0 aromatic carbocycles. The largest absolute Gasteiger partial charge is 0.361 e. The lowest BCUT2D eigenvalue weighted by Gasteiger charge is -2.19. The molecule has 1 aliphatic rings. The third-order valence-electron chi connectivity index (χ3n) is 4.95. The number of pyridine rings is 1. The molecule has 1 aliphatic heterocycles. The lowest BCUT2D eigenvalue weighted by atomic mass is 10.1. The van der Waals surface area contributed by atoms with Crippen LogP contribution in [0.5, 0.6) is 0 Å². The maximum absolute atomic E-state index is 14.0. The summed E-state index contributed by atoms with van der Waals surface area (Å²) in [5.74, 6) is 1.84. The van der Waals surface area contributed by atoms with E-state index in [1.165, 1.54) is 11.6 Å². The summed E-state index contributed by atoms with van der Waals surface area (Å²) in [6, 6.07) is 3.28. The summed E-state index contributed by atoms with van der Waals surface area (Å²) in [5, 5.41) is 10.8. The van der Waals surface area contributed by atoms with Crippen molar-refractivity contribution in [3.63, 3.8) is 0 Å². The third kappa shape index (κ3) is 4.99. The predicted octanol–water partition coefficient (Wildman–Crippen LogP) is 2.59. The first kappa shape index (κ1) is 20.1. The fraction of sp³-hybridized carbons (Fsp3) is 0.550. The van der Waals surface area contributed by atoms with E-state index < -0.39 is 0 Å². The van der Waals surface area contributed by atoms with Gasteiger partial charge in [-0.3, -0.25) is 4.99 Å². The molecule has 28 heavy (non-hydrogen) atoms. The number of halogens is 1. The minimum Gasteiger partial charge on any atom is -0.361 e. The minimum absolute atomic E-state index is 0.210. The second-order valence-corrected chi connectivity index (χ2v) is 7.05. The molecule has 3 heterocycles. The molecule has 0 bridgehead atoms. The predicted molar refractivity (Wildman–Crippen MR) is 108 cm³/mol. The quantitative estimate of drug-likeness (QED) is 0.431. The summed E-state index contributed by atoms with van der Waals surface area (Å²) in [6.45, 7) is 8.95. The number of anilines is 1. The van der Waals surface area contributed by atoms with Gasteiger partial charge in [0, 0.05) is 44.0 Å². The van der Waals surface area contributed by atoms with Crippen LogP contribution in [0, 0.1) is 19.7 Å². The van der Waals surface area contributed by atoms with Gasteiger partial charge in [-0.15, -0.1) is 0 Å². The van der Waals surface area contributed by atoms with Crippen LogP contribution in [0.1, 0.15) is 36.8 Å². The first-order valence-corrected chi connectivity index (χ1v) is 9.90. The molecule has 2 aromatic rings. The molecule has 7 nitrogen and oxygen atoms in total. The Labute approximate surface area is 165 Å². The highest BCUT2D eigenvalue weighted by molar-refractivity contribution is 5.80. The number of aliphatic imine (C=N–C) groups is 1. The number of aromatic nitrogens is 2. The van der Waals surface area contributed by atoms with Gasteiger partial charge in [0.25, 0.3) is 0 Å². The molecule has 0 saturated carbocycles. The van der Waals surface area contributed by atoms with Gasteiger partial charge in [0.05, 0.1) is 5.69 Å². The SMILES string of the molecule is CCNC(=NCCCc1c(C)noc1C)NC1CCN(c2ncccc2F)C1. The summed E-state index contributed by atoms with van der Waals surface area (Å²) in [4.78, 5) is 10.8. The Balaban J connectivity index is 1.51. The van der Waals surface area contributed by atoms with Crippen LogP contribution in [0.25, 0.3) is 0 Å². The molecule has 2 aromatic heterocycles. The smallest absolute Gasteiger partial charge is 0.191 e. The summed E-state index contributed by atoms with van der Waals surface area (Å²) in [7, 11) is 0. The van der Waals surface area contributed by atoms with Gasteiger partial charge in [0.2, 0.25) is 0 Å². The maximum Gasteiger partial charge on any atom is 0.191 e. The van der Waals surface area contributed by atoms with Gasteiger partial charge in [-0.1, -0.05) is 5.16 Å². The summed E-state index contributed by atoms with van der Waals surface area (Å²) in [5.41, 5.74) is 2.14. The van der Waals surface area contributed by atoms with Crippen molar-refractivity contribution in [2.24, 2.45) is 4.99 Å². The van der Waals surface area contributed by atoms with E-state index in [0.29, 0.717) is 18.9 Å². The molecule has 1 unspecified atom stereocenters. The highest BCUT2D eigenvalue weighted by atomic mass is 19.1. The number of aryl methyl sites for hydroxylation is 2. The van der Waals surface area contributed by atoms with Crippen molar-refractivity contribution in [2.75, 3.05) is 31.1 Å². The number of nitrogens with zero attached hydrogens (tertiary/aromatic N) is 4. The van der Waals surface area contributed by atoms with Crippen LogP contribution in [0.3, 0.4) is 0 Å². The number of hydrogen-bond donors (Lipinski definition) is 2. The van der Waals surface area contributed by atoms with Crippen LogP contribution in [-0.4, -0.2) is 48.3 Å². The average Bonchev–Trinajstić information content (AvgIpc) is 3.26. The molecular weight excluding hydrogens is 359 g/mol. The molecule has 0 amide bonds. The number of guanidine groups is 1. The number of hydrogen-bond acceptors (Lipinski definition) is 5. The zero-order valence-electron chi connectivity index (χ0n) is 16.8. The topological polar surface area (TPSA) is 78.6 Å². The first-order chi connectivity index (χ1) is 13.6. The van der Waals surface area contributed by atoms with E-state index in [-0.39, 0.29) is 11.9 Å². The van der Waals surface area contributed by atoms with Crippen molar-refractivity contribution >= 4 is 11.8 Å². The summed E-state index contributed by atoms with van der Waals surface area (Å²) >= 11 is 0. The van der Waals surface area contributed by atoms with Crippen LogP contribution in [0.4, 0.5) is 10.2 Å². The second-order valence-electron chi connectivity index (χ2n) is 7.05. The second kappa shape index (κ2) is 9.52. The normalized spacial score (nSPS) is 17.2. The zero-order valence-corrected chi connectivity index (χ0v) is 16.8. The van der Waals surface area contributed by atoms with Gasteiger partial charge >= 0.3 is 0 Å². The molecule has 152 valence electrons. The van der Waals surface area contributed by atoms with E-state index in [1.807, 2.05) is 25.7 Å². The molecular formula is C20H29FN6O. The highest BCUT2D eigenvalue weighted by Crippen LogP contribution is 2.20. The van der Waals surface area contributed by atoms with E-state index in [4.69, 9.17) is 4.52 Å². The van der Waals surface area contributed by atoms with Crippen molar-refractivity contribution in [2.45, 2.75) is 46.1 Å². The van der Waals surface area contributed by atoms with Gasteiger partial charge in [-0.25, -0.2) is 9.37 Å². The van der Waals surface area contributed by atoms with Crippen molar-refractivity contribution in [1.82, 2.24) is 20.8 Å². The molecule has 0 radical (unpaired) electrons. The lowest BCUT2D eigenvalue weighted by Crippen LogP contribution is -2.44. The Bertz CT molecular complexity index is 786. The summed E-state index contributed by atoms with van der Waals surface area (Å²) < 4.78 is 19.2. The molecule has 1 atom stereocenters. The van der Waals surface area contributed by atoms with E-state index >= 15 is 0 Å². The van der Waals surface area contributed by atoms with Gasteiger partial charge in [0.15, 0.2) is 17.6 Å². The van der Waals surface area contributed by atoms with Crippen LogP contribution in [0.15, 0.2) is 27.8 Å². The average molecular weight is 388 g/mol.